The minimum absolute atomic E-state index is 0.308. The Morgan fingerprint density at radius 1 is 1.17 bits per heavy atom. The van der Waals surface area contributed by atoms with Crippen LogP contribution in [0.1, 0.15) is 44.0 Å². The molecule has 0 amide bonds. The molecule has 1 aromatic rings. The molecule has 2 nitrogen and oxygen atoms in total. The molecule has 0 N–H and O–H groups in total. The van der Waals surface area contributed by atoms with E-state index in [0.29, 0.717) is 5.56 Å². The van der Waals surface area contributed by atoms with Gasteiger partial charge in [0.2, 0.25) is 0 Å². The fourth-order valence-electron chi connectivity index (χ4n) is 1.44. The monoisotopic (exact) mass is 244 g/mol. The Balaban J connectivity index is 2.44. The molecule has 0 atom stereocenters. The Morgan fingerprint density at radius 3 is 2.44 bits per heavy atom. The van der Waals surface area contributed by atoms with Crippen LogP contribution in [-0.2, 0) is 4.74 Å². The highest BCUT2D eigenvalue weighted by Crippen LogP contribution is 2.08. The lowest BCUT2D eigenvalue weighted by atomic mass is 10.1. The van der Waals surface area contributed by atoms with Gasteiger partial charge in [0.25, 0.3) is 0 Å². The highest BCUT2D eigenvalue weighted by molar-refractivity contribution is 5.89. The molecular formula is C16H20O2. The summed E-state index contributed by atoms with van der Waals surface area (Å²) >= 11 is 0. The summed E-state index contributed by atoms with van der Waals surface area (Å²) in [7, 11) is 0. The first-order valence-electron chi connectivity index (χ1n) is 6.14. The highest BCUT2D eigenvalue weighted by Gasteiger charge is 2.03. The Kier molecular flexibility index (Phi) is 5.92. The maximum Gasteiger partial charge on any atom is 0.342 e. The maximum absolute atomic E-state index is 11.7. The van der Waals surface area contributed by atoms with Crippen LogP contribution in [0, 0.1) is 0 Å². The molecule has 0 aromatic heterocycles. The molecule has 1 rings (SSSR count). The molecule has 0 radical (unpaired) electrons. The topological polar surface area (TPSA) is 26.3 Å². The van der Waals surface area contributed by atoms with Gasteiger partial charge in [0.1, 0.15) is 0 Å². The summed E-state index contributed by atoms with van der Waals surface area (Å²) in [5.41, 5.74) is 2.95. The number of hydrogen-bond donors (Lipinski definition) is 0. The van der Waals surface area contributed by atoms with Crippen molar-refractivity contribution in [2.45, 2.75) is 33.6 Å². The van der Waals surface area contributed by atoms with Gasteiger partial charge in [-0.3, -0.25) is 0 Å². The molecule has 0 spiro atoms. The second kappa shape index (κ2) is 7.49. The largest absolute Gasteiger partial charge is 0.431 e. The Bertz CT molecular complexity index is 437. The van der Waals surface area contributed by atoms with E-state index >= 15 is 0 Å². The van der Waals surface area contributed by atoms with Crippen molar-refractivity contribution in [2.24, 2.45) is 0 Å². The van der Waals surface area contributed by atoms with Gasteiger partial charge in [0, 0.05) is 0 Å². The predicted octanol–water partition coefficient (Wildman–Crippen LogP) is 4.49. The van der Waals surface area contributed by atoms with E-state index in [9.17, 15) is 4.79 Å². The van der Waals surface area contributed by atoms with E-state index < -0.39 is 0 Å². The zero-order chi connectivity index (χ0) is 13.4. The molecule has 0 aliphatic heterocycles. The van der Waals surface area contributed by atoms with Crippen LogP contribution < -0.4 is 0 Å². The Morgan fingerprint density at radius 2 is 1.83 bits per heavy atom. The van der Waals surface area contributed by atoms with Crippen LogP contribution in [0.4, 0.5) is 0 Å². The SMILES string of the molecule is CC(C)=CCC/C(C)=C/OC(=O)c1ccccc1. The number of allylic oxidation sites excluding steroid dienone is 3. The molecule has 0 saturated carbocycles. The predicted molar refractivity (Wildman–Crippen MR) is 74.3 cm³/mol. The van der Waals surface area contributed by atoms with Gasteiger partial charge in [-0.2, -0.15) is 0 Å². The van der Waals surface area contributed by atoms with Crippen molar-refractivity contribution >= 4 is 5.97 Å². The molecule has 0 bridgehead atoms. The highest BCUT2D eigenvalue weighted by atomic mass is 16.5. The van der Waals surface area contributed by atoms with E-state index in [1.165, 1.54) is 5.57 Å². The van der Waals surface area contributed by atoms with Crippen LogP contribution in [0.3, 0.4) is 0 Å². The van der Waals surface area contributed by atoms with Crippen molar-refractivity contribution in [2.75, 3.05) is 0 Å². The van der Waals surface area contributed by atoms with Crippen LogP contribution in [0.5, 0.6) is 0 Å². The second-order valence-electron chi connectivity index (χ2n) is 4.56. The van der Waals surface area contributed by atoms with Crippen LogP contribution in [-0.4, -0.2) is 5.97 Å². The van der Waals surface area contributed by atoms with Gasteiger partial charge in [0.15, 0.2) is 0 Å². The summed E-state index contributed by atoms with van der Waals surface area (Å²) in [5.74, 6) is -0.308. The number of benzene rings is 1. The average Bonchev–Trinajstić information content (AvgIpc) is 2.36. The normalized spacial score (nSPS) is 10.9. The van der Waals surface area contributed by atoms with E-state index in [4.69, 9.17) is 4.74 Å². The third-order valence-corrected chi connectivity index (χ3v) is 2.47. The summed E-state index contributed by atoms with van der Waals surface area (Å²) < 4.78 is 5.13. The van der Waals surface area contributed by atoms with E-state index in [-0.39, 0.29) is 5.97 Å². The Hall–Kier alpha value is -1.83. The molecule has 1 aromatic carbocycles. The molecule has 18 heavy (non-hydrogen) atoms. The van der Waals surface area contributed by atoms with E-state index in [2.05, 4.69) is 19.9 Å². The van der Waals surface area contributed by atoms with E-state index in [1.807, 2.05) is 25.1 Å². The number of carbonyl (C=O) groups excluding carboxylic acids is 1. The van der Waals surface area contributed by atoms with Gasteiger partial charge >= 0.3 is 5.97 Å². The van der Waals surface area contributed by atoms with Gasteiger partial charge in [-0.25, -0.2) is 4.79 Å². The smallest absolute Gasteiger partial charge is 0.342 e. The summed E-state index contributed by atoms with van der Waals surface area (Å²) in [6.07, 6.45) is 5.62. The summed E-state index contributed by atoms with van der Waals surface area (Å²) in [6.45, 7) is 6.13. The molecule has 0 fully saturated rings. The molecule has 0 aliphatic carbocycles. The second-order valence-corrected chi connectivity index (χ2v) is 4.56. The number of carbonyl (C=O) groups is 1. The third-order valence-electron chi connectivity index (χ3n) is 2.47. The minimum atomic E-state index is -0.308. The number of esters is 1. The van der Waals surface area contributed by atoms with Gasteiger partial charge in [-0.05, 0) is 51.3 Å². The van der Waals surface area contributed by atoms with Gasteiger partial charge < -0.3 is 4.74 Å². The standard InChI is InChI=1S/C16H20O2/c1-13(2)8-7-9-14(3)12-18-16(17)15-10-5-4-6-11-15/h4-6,8,10-12H,7,9H2,1-3H3/b14-12+. The van der Waals surface area contributed by atoms with Gasteiger partial charge in [-0.1, -0.05) is 29.8 Å². The number of ether oxygens (including phenoxy) is 1. The minimum Gasteiger partial charge on any atom is -0.431 e. The molecule has 96 valence electrons. The van der Waals surface area contributed by atoms with Crippen LogP contribution in [0.15, 0.2) is 53.8 Å². The molecular weight excluding hydrogens is 224 g/mol. The first-order chi connectivity index (χ1) is 8.59. The lowest BCUT2D eigenvalue weighted by Crippen LogP contribution is -2.00. The van der Waals surface area contributed by atoms with Crippen molar-refractivity contribution in [3.8, 4) is 0 Å². The summed E-state index contributed by atoms with van der Waals surface area (Å²) in [4.78, 5) is 11.7. The van der Waals surface area contributed by atoms with Gasteiger partial charge in [-0.15, -0.1) is 0 Å². The molecule has 0 saturated heterocycles. The third kappa shape index (κ3) is 5.48. The lowest BCUT2D eigenvalue weighted by Gasteiger charge is -2.01. The molecule has 0 aliphatic rings. The lowest BCUT2D eigenvalue weighted by molar-refractivity contribution is 0.0660. The summed E-state index contributed by atoms with van der Waals surface area (Å²) in [5, 5.41) is 0. The number of rotatable bonds is 5. The van der Waals surface area contributed by atoms with Crippen molar-refractivity contribution in [1.29, 1.82) is 0 Å². The molecule has 0 unspecified atom stereocenters. The quantitative estimate of drug-likeness (QED) is 0.433. The first kappa shape index (κ1) is 14.2. The van der Waals surface area contributed by atoms with E-state index in [0.717, 1.165) is 18.4 Å². The zero-order valence-electron chi connectivity index (χ0n) is 11.3. The van der Waals surface area contributed by atoms with Crippen molar-refractivity contribution in [3.63, 3.8) is 0 Å². The molecule has 0 heterocycles. The fourth-order valence-corrected chi connectivity index (χ4v) is 1.44. The van der Waals surface area contributed by atoms with Crippen molar-refractivity contribution < 1.29 is 9.53 Å². The maximum atomic E-state index is 11.7. The Labute approximate surface area is 109 Å². The van der Waals surface area contributed by atoms with Crippen molar-refractivity contribution in [1.82, 2.24) is 0 Å². The summed E-state index contributed by atoms with van der Waals surface area (Å²) in [6, 6.07) is 9.00. The zero-order valence-corrected chi connectivity index (χ0v) is 11.3. The number of hydrogen-bond acceptors (Lipinski definition) is 2. The van der Waals surface area contributed by atoms with Gasteiger partial charge in [0.05, 0.1) is 11.8 Å². The van der Waals surface area contributed by atoms with Crippen molar-refractivity contribution in [3.05, 3.63) is 59.4 Å². The van der Waals surface area contributed by atoms with Crippen LogP contribution in [0.25, 0.3) is 0 Å². The van der Waals surface area contributed by atoms with E-state index in [1.54, 1.807) is 18.4 Å². The van der Waals surface area contributed by atoms with Crippen LogP contribution in [0.2, 0.25) is 0 Å². The van der Waals surface area contributed by atoms with Crippen LogP contribution >= 0.6 is 0 Å². The molecule has 2 heteroatoms. The average molecular weight is 244 g/mol. The first-order valence-corrected chi connectivity index (χ1v) is 6.14. The fraction of sp³-hybridized carbons (Fsp3) is 0.312.